The zero-order valence-corrected chi connectivity index (χ0v) is 19.8. The highest BCUT2D eigenvalue weighted by molar-refractivity contribution is 5.97. The van der Waals surface area contributed by atoms with E-state index in [0.29, 0.717) is 13.4 Å². The van der Waals surface area contributed by atoms with Crippen molar-refractivity contribution < 1.29 is 23.5 Å². The zero-order chi connectivity index (χ0) is 23.6. The third kappa shape index (κ3) is 4.18. The maximum absolute atomic E-state index is 5.76. The molecule has 0 atom stereocenters. The first kappa shape index (κ1) is 21.5. The van der Waals surface area contributed by atoms with Gasteiger partial charge < -0.3 is 24.3 Å². The number of anilines is 1. The molecule has 2 aliphatic heterocycles. The lowest BCUT2D eigenvalue weighted by Gasteiger charge is -2.18. The summed E-state index contributed by atoms with van der Waals surface area (Å²) >= 11 is 0. The van der Waals surface area contributed by atoms with Gasteiger partial charge in [-0.15, -0.1) is 0 Å². The summed E-state index contributed by atoms with van der Waals surface area (Å²) in [7, 11) is 1.72. The van der Waals surface area contributed by atoms with Crippen LogP contribution in [0.1, 0.15) is 18.4 Å². The monoisotopic (exact) mass is 470 g/mol. The standard InChI is InChI=1S/C28H27N3O4/c1-32-25-7-6-19-13-24-22-15-27-26(34-18-35-27)14-20(22)8-11-31(24)17-23(19)28(25)30-10-2-3-12-33-21-5-4-9-29-16-21/h4-7,9,13-17H,2-3,8,10-12,18H2,1H3/p+1. The quantitative estimate of drug-likeness (QED) is 0.296. The van der Waals surface area contributed by atoms with Crippen molar-refractivity contribution in [1.29, 1.82) is 0 Å². The van der Waals surface area contributed by atoms with Crippen LogP contribution in [0.4, 0.5) is 5.69 Å². The topological polar surface area (TPSA) is 65.7 Å². The minimum atomic E-state index is 0.292. The van der Waals surface area contributed by atoms with Crippen molar-refractivity contribution in [3.05, 3.63) is 66.6 Å². The Morgan fingerprint density at radius 3 is 2.86 bits per heavy atom. The number of benzene rings is 2. The van der Waals surface area contributed by atoms with Crippen LogP contribution in [0.2, 0.25) is 0 Å². The summed E-state index contributed by atoms with van der Waals surface area (Å²) in [5, 5.41) is 5.95. The lowest BCUT2D eigenvalue weighted by molar-refractivity contribution is -0.686. The maximum Gasteiger partial charge on any atom is 0.231 e. The first-order chi connectivity index (χ1) is 17.3. The second kappa shape index (κ2) is 9.33. The summed E-state index contributed by atoms with van der Waals surface area (Å²) in [6.07, 6.45) is 8.62. The molecule has 4 heterocycles. The largest absolute Gasteiger partial charge is 0.495 e. The van der Waals surface area contributed by atoms with Gasteiger partial charge in [-0.25, -0.2) is 0 Å². The minimum Gasteiger partial charge on any atom is -0.495 e. The molecule has 0 aliphatic carbocycles. The van der Waals surface area contributed by atoms with Crippen LogP contribution in [-0.4, -0.2) is 32.0 Å². The Bertz CT molecular complexity index is 1370. The summed E-state index contributed by atoms with van der Waals surface area (Å²) in [5.74, 6) is 3.33. The van der Waals surface area contributed by atoms with E-state index in [-0.39, 0.29) is 0 Å². The fraction of sp³-hybridized carbons (Fsp3) is 0.286. The molecule has 0 saturated carbocycles. The first-order valence-corrected chi connectivity index (χ1v) is 12.0. The van der Waals surface area contributed by atoms with E-state index in [0.717, 1.165) is 66.4 Å². The maximum atomic E-state index is 5.76. The molecule has 178 valence electrons. The van der Waals surface area contributed by atoms with E-state index >= 15 is 0 Å². The van der Waals surface area contributed by atoms with Crippen molar-refractivity contribution in [1.82, 2.24) is 4.98 Å². The molecule has 4 aromatic rings. The van der Waals surface area contributed by atoms with E-state index in [1.807, 2.05) is 18.2 Å². The number of pyridine rings is 2. The van der Waals surface area contributed by atoms with Gasteiger partial charge in [-0.1, -0.05) is 6.07 Å². The number of fused-ring (bicyclic) bond motifs is 5. The predicted molar refractivity (Wildman–Crippen MR) is 133 cm³/mol. The smallest absolute Gasteiger partial charge is 0.231 e. The third-order valence-electron chi connectivity index (χ3n) is 6.62. The van der Waals surface area contributed by atoms with E-state index in [1.165, 1.54) is 22.2 Å². The fourth-order valence-corrected chi connectivity index (χ4v) is 4.84. The molecule has 0 bridgehead atoms. The van der Waals surface area contributed by atoms with Crippen LogP contribution in [-0.2, 0) is 13.0 Å². The molecule has 0 radical (unpaired) electrons. The average Bonchev–Trinajstić information content (AvgIpc) is 3.36. The van der Waals surface area contributed by atoms with E-state index in [9.17, 15) is 0 Å². The van der Waals surface area contributed by atoms with Gasteiger partial charge in [0.2, 0.25) is 12.5 Å². The molecule has 2 aromatic heterocycles. The van der Waals surface area contributed by atoms with Crippen molar-refractivity contribution in [3.8, 4) is 34.3 Å². The lowest BCUT2D eigenvalue weighted by Crippen LogP contribution is -2.40. The van der Waals surface area contributed by atoms with Crippen LogP contribution < -0.4 is 28.8 Å². The second-order valence-electron chi connectivity index (χ2n) is 8.78. The number of rotatable bonds is 8. The molecule has 7 nitrogen and oxygen atoms in total. The van der Waals surface area contributed by atoms with Crippen LogP contribution in [0, 0.1) is 0 Å². The summed E-state index contributed by atoms with van der Waals surface area (Å²) in [6, 6.07) is 14.5. The number of nitrogens with zero attached hydrogens (tertiary/aromatic N) is 2. The molecule has 0 saturated heterocycles. The van der Waals surface area contributed by atoms with Gasteiger partial charge in [0.25, 0.3) is 0 Å². The number of aryl methyl sites for hydroxylation is 2. The molecular weight excluding hydrogens is 442 g/mol. The molecule has 1 N–H and O–H groups in total. The van der Waals surface area contributed by atoms with Gasteiger partial charge in [0, 0.05) is 25.2 Å². The fourth-order valence-electron chi connectivity index (χ4n) is 4.84. The highest BCUT2D eigenvalue weighted by atomic mass is 16.7. The van der Waals surface area contributed by atoms with Gasteiger partial charge >= 0.3 is 0 Å². The van der Waals surface area contributed by atoms with E-state index in [4.69, 9.17) is 18.9 Å². The molecule has 35 heavy (non-hydrogen) atoms. The molecule has 2 aliphatic rings. The van der Waals surface area contributed by atoms with Crippen molar-refractivity contribution in [2.45, 2.75) is 25.8 Å². The molecule has 0 amide bonds. The van der Waals surface area contributed by atoms with E-state index in [2.05, 4.69) is 45.3 Å². The number of aromatic nitrogens is 2. The van der Waals surface area contributed by atoms with Crippen LogP contribution in [0.15, 0.2) is 61.1 Å². The van der Waals surface area contributed by atoms with Crippen LogP contribution in [0.5, 0.6) is 23.0 Å². The summed E-state index contributed by atoms with van der Waals surface area (Å²) in [4.78, 5) is 4.08. The number of hydrogen-bond acceptors (Lipinski definition) is 6. The van der Waals surface area contributed by atoms with E-state index in [1.54, 1.807) is 19.5 Å². The highest BCUT2D eigenvalue weighted by Gasteiger charge is 2.28. The van der Waals surface area contributed by atoms with Crippen molar-refractivity contribution in [2.75, 3.05) is 32.4 Å². The van der Waals surface area contributed by atoms with Crippen molar-refractivity contribution in [3.63, 3.8) is 0 Å². The second-order valence-corrected chi connectivity index (χ2v) is 8.78. The number of nitrogens with one attached hydrogen (secondary N) is 1. The molecule has 6 rings (SSSR count). The number of unbranched alkanes of at least 4 members (excludes halogenated alkanes) is 1. The van der Waals surface area contributed by atoms with Gasteiger partial charge in [0.15, 0.2) is 24.2 Å². The Kier molecular flexibility index (Phi) is 5.74. The molecule has 7 heteroatoms. The van der Waals surface area contributed by atoms with Gasteiger partial charge in [-0.2, -0.15) is 4.57 Å². The number of ether oxygens (including phenoxy) is 4. The van der Waals surface area contributed by atoms with Gasteiger partial charge in [0.1, 0.15) is 11.5 Å². The Hall–Kier alpha value is -4.00. The van der Waals surface area contributed by atoms with Crippen LogP contribution in [0.3, 0.4) is 0 Å². The van der Waals surface area contributed by atoms with E-state index < -0.39 is 0 Å². The Balaban J connectivity index is 1.22. The lowest BCUT2D eigenvalue weighted by atomic mass is 9.95. The minimum absolute atomic E-state index is 0.292. The molecule has 0 spiro atoms. The number of methoxy groups -OCH3 is 1. The number of hydrogen-bond donors (Lipinski definition) is 1. The van der Waals surface area contributed by atoms with Gasteiger partial charge in [-0.05, 0) is 54.1 Å². The Morgan fingerprint density at radius 2 is 2.00 bits per heavy atom. The Morgan fingerprint density at radius 1 is 1.09 bits per heavy atom. The molecule has 0 fully saturated rings. The first-order valence-electron chi connectivity index (χ1n) is 12.0. The zero-order valence-electron chi connectivity index (χ0n) is 19.8. The summed E-state index contributed by atoms with van der Waals surface area (Å²) in [5.41, 5.74) is 4.74. The third-order valence-corrected chi connectivity index (χ3v) is 6.62. The Labute approximate surface area is 204 Å². The van der Waals surface area contributed by atoms with Gasteiger partial charge in [0.05, 0.1) is 36.6 Å². The van der Waals surface area contributed by atoms with Gasteiger partial charge in [-0.3, -0.25) is 4.98 Å². The summed E-state index contributed by atoms with van der Waals surface area (Å²) in [6.45, 7) is 2.71. The normalized spacial score (nSPS) is 13.3. The van der Waals surface area contributed by atoms with Crippen molar-refractivity contribution >= 4 is 16.5 Å². The molecule has 0 unspecified atom stereocenters. The van der Waals surface area contributed by atoms with Crippen molar-refractivity contribution in [2.24, 2.45) is 0 Å². The average molecular weight is 471 g/mol. The summed E-state index contributed by atoms with van der Waals surface area (Å²) < 4.78 is 25.0. The molecule has 2 aromatic carbocycles. The predicted octanol–water partition coefficient (Wildman–Crippen LogP) is 4.75. The molecular formula is C28H28N3O4+. The van der Waals surface area contributed by atoms with Crippen LogP contribution >= 0.6 is 0 Å². The SMILES string of the molecule is COc1ccc2cc3[n+](cc2c1NCCCCOc1cccnc1)CCc1cc2c(cc1-3)OCO2. The van der Waals surface area contributed by atoms with Crippen LogP contribution in [0.25, 0.3) is 22.0 Å². The highest BCUT2D eigenvalue weighted by Crippen LogP contribution is 2.41.